The summed E-state index contributed by atoms with van der Waals surface area (Å²) in [5.41, 5.74) is 0.592. The molecule has 3 heterocycles. The Kier molecular flexibility index (Phi) is 8.82. The Morgan fingerprint density at radius 3 is 2.42 bits per heavy atom. The van der Waals surface area contributed by atoms with E-state index in [0.717, 1.165) is 38.8 Å². The molecule has 1 saturated carbocycles. The monoisotopic (exact) mass is 535 g/mol. The molecule has 9 heteroatoms. The van der Waals surface area contributed by atoms with Crippen LogP contribution in [0.15, 0.2) is 11.6 Å². The Morgan fingerprint density at radius 2 is 1.87 bits per heavy atom. The molecule has 0 bridgehead atoms. The number of ether oxygens (including phenoxy) is 4. The summed E-state index contributed by atoms with van der Waals surface area (Å²) in [4.78, 5) is 30.7. The third kappa shape index (κ3) is 6.06. The number of carbonyl (C=O) groups is 2. The van der Waals surface area contributed by atoms with Gasteiger partial charge in [0.25, 0.3) is 0 Å². The number of allylic oxidation sites excluding steroid dienone is 1. The maximum absolute atomic E-state index is 13.4. The van der Waals surface area contributed by atoms with Crippen LogP contribution in [-0.4, -0.2) is 104 Å². The molecule has 9 nitrogen and oxygen atoms in total. The lowest BCUT2D eigenvalue weighted by molar-refractivity contribution is -0.136. The summed E-state index contributed by atoms with van der Waals surface area (Å²) in [6, 6.07) is -0.466. The SMILES string of the molecule is COC1C(OC(=O)NC(C(=O)N(C)C2CCN(C)CC2)C(C)C)CCC2(CO2)C1C1(C)OC1CC=C(C)C. The van der Waals surface area contributed by atoms with Gasteiger partial charge in [0.1, 0.15) is 29.5 Å². The van der Waals surface area contributed by atoms with E-state index in [1.54, 1.807) is 7.11 Å². The highest BCUT2D eigenvalue weighted by molar-refractivity contribution is 5.86. The molecule has 0 aromatic heterocycles. The number of hydrogen-bond donors (Lipinski definition) is 1. The summed E-state index contributed by atoms with van der Waals surface area (Å²) >= 11 is 0. The number of likely N-dealkylation sites (tertiary alicyclic amines) is 1. The zero-order valence-corrected chi connectivity index (χ0v) is 24.6. The van der Waals surface area contributed by atoms with Crippen LogP contribution in [0, 0.1) is 11.8 Å². The average Bonchev–Trinajstić information content (AvgIpc) is 3.78. The molecule has 38 heavy (non-hydrogen) atoms. The first-order valence-corrected chi connectivity index (χ1v) is 14.3. The number of nitrogens with one attached hydrogen (secondary N) is 1. The second kappa shape index (κ2) is 11.4. The van der Waals surface area contributed by atoms with Gasteiger partial charge in [0.05, 0.1) is 18.6 Å². The second-order valence-electron chi connectivity index (χ2n) is 12.7. The Labute approximate surface area is 228 Å². The highest BCUT2D eigenvalue weighted by Gasteiger charge is 2.72. The molecule has 2 amide bonds. The molecule has 0 radical (unpaired) electrons. The van der Waals surface area contributed by atoms with Gasteiger partial charge in [-0.2, -0.15) is 0 Å². The number of epoxide rings is 2. The molecule has 0 aromatic rings. The van der Waals surface area contributed by atoms with Crippen molar-refractivity contribution in [3.63, 3.8) is 0 Å². The first kappa shape index (κ1) is 29.3. The lowest BCUT2D eigenvalue weighted by atomic mass is 9.68. The molecule has 3 aliphatic heterocycles. The Bertz CT molecular complexity index is 893. The average molecular weight is 536 g/mol. The van der Waals surface area contributed by atoms with Crippen molar-refractivity contribution in [2.75, 3.05) is 40.9 Å². The van der Waals surface area contributed by atoms with Crippen LogP contribution >= 0.6 is 0 Å². The second-order valence-corrected chi connectivity index (χ2v) is 12.7. The van der Waals surface area contributed by atoms with Crippen LogP contribution in [0.5, 0.6) is 0 Å². The van der Waals surface area contributed by atoms with Gasteiger partial charge in [0, 0.05) is 20.2 Å². The van der Waals surface area contributed by atoms with Crippen LogP contribution in [-0.2, 0) is 23.7 Å². The maximum Gasteiger partial charge on any atom is 0.408 e. The van der Waals surface area contributed by atoms with Crippen LogP contribution in [0.3, 0.4) is 0 Å². The summed E-state index contributed by atoms with van der Waals surface area (Å²) in [5, 5.41) is 2.90. The zero-order chi connectivity index (χ0) is 27.8. The lowest BCUT2D eigenvalue weighted by Crippen LogP contribution is -2.57. The van der Waals surface area contributed by atoms with Crippen LogP contribution in [0.25, 0.3) is 0 Å². The van der Waals surface area contributed by atoms with Gasteiger partial charge in [-0.15, -0.1) is 0 Å². The van der Waals surface area contributed by atoms with Crippen LogP contribution in [0.4, 0.5) is 4.79 Å². The predicted octanol–water partition coefficient (Wildman–Crippen LogP) is 3.37. The minimum absolute atomic E-state index is 0.0415. The molecule has 4 fully saturated rings. The quantitative estimate of drug-likeness (QED) is 0.357. The molecular weight excluding hydrogens is 486 g/mol. The topological polar surface area (TPSA) is 96.2 Å². The van der Waals surface area contributed by atoms with E-state index < -0.39 is 23.8 Å². The maximum atomic E-state index is 13.4. The molecule has 0 aromatic carbocycles. The molecule has 216 valence electrons. The van der Waals surface area contributed by atoms with Crippen molar-refractivity contribution in [1.82, 2.24) is 15.1 Å². The van der Waals surface area contributed by atoms with Crippen molar-refractivity contribution in [3.8, 4) is 0 Å². The van der Waals surface area contributed by atoms with E-state index in [1.165, 1.54) is 5.57 Å². The molecule has 4 aliphatic rings. The number of likely N-dealkylation sites (N-methyl/N-ethyl adjacent to an activating group) is 1. The molecule has 7 atom stereocenters. The van der Waals surface area contributed by atoms with Crippen molar-refractivity contribution >= 4 is 12.0 Å². The van der Waals surface area contributed by atoms with Gasteiger partial charge in [-0.25, -0.2) is 4.79 Å². The number of methoxy groups -OCH3 is 1. The third-order valence-corrected chi connectivity index (χ3v) is 9.28. The van der Waals surface area contributed by atoms with E-state index in [9.17, 15) is 9.59 Å². The van der Waals surface area contributed by atoms with Crippen LogP contribution < -0.4 is 5.32 Å². The minimum Gasteiger partial charge on any atom is -0.443 e. The van der Waals surface area contributed by atoms with Crippen molar-refractivity contribution in [1.29, 1.82) is 0 Å². The fraction of sp³-hybridized carbons (Fsp3) is 0.862. The third-order valence-electron chi connectivity index (χ3n) is 9.28. The number of carbonyl (C=O) groups excluding carboxylic acids is 2. The largest absolute Gasteiger partial charge is 0.443 e. The fourth-order valence-electron chi connectivity index (χ4n) is 6.66. The van der Waals surface area contributed by atoms with E-state index in [0.29, 0.717) is 13.0 Å². The van der Waals surface area contributed by atoms with Gasteiger partial charge in [-0.05, 0) is 78.9 Å². The Balaban J connectivity index is 1.40. The highest BCUT2D eigenvalue weighted by atomic mass is 16.6. The molecule has 4 rings (SSSR count). The normalized spacial score (nSPS) is 36.0. The summed E-state index contributed by atoms with van der Waals surface area (Å²) in [6.45, 7) is 12.8. The van der Waals surface area contributed by atoms with Crippen molar-refractivity contribution in [2.45, 2.75) is 108 Å². The van der Waals surface area contributed by atoms with Gasteiger partial charge < -0.3 is 34.1 Å². The van der Waals surface area contributed by atoms with Crippen molar-refractivity contribution in [2.24, 2.45) is 11.8 Å². The van der Waals surface area contributed by atoms with Crippen LogP contribution in [0.2, 0.25) is 0 Å². The summed E-state index contributed by atoms with van der Waals surface area (Å²) in [6.07, 6.45) is 5.07. The van der Waals surface area contributed by atoms with E-state index in [2.05, 4.69) is 44.1 Å². The Hall–Kier alpha value is -1.68. The smallest absolute Gasteiger partial charge is 0.408 e. The predicted molar refractivity (Wildman–Crippen MR) is 145 cm³/mol. The molecule has 3 saturated heterocycles. The number of alkyl carbamates (subject to hydrolysis) is 1. The molecule has 1 aliphatic carbocycles. The first-order chi connectivity index (χ1) is 17.9. The van der Waals surface area contributed by atoms with Gasteiger partial charge >= 0.3 is 6.09 Å². The molecule has 1 spiro atoms. The number of amides is 2. The lowest BCUT2D eigenvalue weighted by Gasteiger charge is -2.42. The number of nitrogens with zero attached hydrogens (tertiary/aromatic N) is 2. The van der Waals surface area contributed by atoms with E-state index in [1.807, 2.05) is 25.8 Å². The van der Waals surface area contributed by atoms with Crippen molar-refractivity contribution < 1.29 is 28.5 Å². The van der Waals surface area contributed by atoms with Gasteiger partial charge in [0.2, 0.25) is 5.91 Å². The first-order valence-electron chi connectivity index (χ1n) is 14.3. The van der Waals surface area contributed by atoms with Gasteiger partial charge in [-0.3, -0.25) is 4.79 Å². The van der Waals surface area contributed by atoms with Crippen molar-refractivity contribution in [3.05, 3.63) is 11.6 Å². The number of piperidine rings is 1. The van der Waals surface area contributed by atoms with Gasteiger partial charge in [-0.1, -0.05) is 25.5 Å². The summed E-state index contributed by atoms with van der Waals surface area (Å²) < 4.78 is 24.3. The molecule has 1 N–H and O–H groups in total. The van der Waals surface area contributed by atoms with Gasteiger partial charge in [0.15, 0.2) is 0 Å². The zero-order valence-electron chi connectivity index (χ0n) is 24.6. The Morgan fingerprint density at radius 1 is 1.21 bits per heavy atom. The summed E-state index contributed by atoms with van der Waals surface area (Å²) in [5.74, 6) is -0.179. The molecular formula is C29H49N3O6. The van der Waals surface area contributed by atoms with Crippen LogP contribution in [0.1, 0.15) is 66.7 Å². The fourth-order valence-corrected chi connectivity index (χ4v) is 6.66. The molecule has 7 unspecified atom stereocenters. The van der Waals surface area contributed by atoms with E-state index in [4.69, 9.17) is 18.9 Å². The number of rotatable bonds is 9. The van der Waals surface area contributed by atoms with E-state index >= 15 is 0 Å². The number of hydrogen-bond acceptors (Lipinski definition) is 7. The minimum atomic E-state index is -0.650. The summed E-state index contributed by atoms with van der Waals surface area (Å²) in [7, 11) is 5.62. The highest BCUT2D eigenvalue weighted by Crippen LogP contribution is 2.59. The standard InChI is InChI=1S/C29H49N3O6/c1-18(2)9-10-22-28(5,38-22)25-24(35-8)21(11-14-29(25)17-36-29)37-27(34)30-23(19(3)4)26(33)32(7)20-12-15-31(6)16-13-20/h9,19-25H,10-17H2,1-8H3,(H,30,34). The van der Waals surface area contributed by atoms with E-state index in [-0.39, 0.29) is 41.6 Å².